The average molecular weight is 349 g/mol. The van der Waals surface area contributed by atoms with Crippen molar-refractivity contribution in [3.05, 3.63) is 23.5 Å². The van der Waals surface area contributed by atoms with E-state index in [0.29, 0.717) is 4.90 Å². The monoisotopic (exact) mass is 349 g/mol. The molecule has 2 amide bonds. The lowest BCUT2D eigenvalue weighted by Gasteiger charge is -2.07. The fraction of sp³-hybridized carbons (Fsp3) is 0.214. The van der Waals surface area contributed by atoms with Crippen LogP contribution in [0.2, 0.25) is 0 Å². The second kappa shape index (κ2) is 9.12. The molecule has 0 heterocycles. The Hall–Kier alpha value is -3.11. The Labute approximate surface area is 141 Å². The molecular formula is C14H12FN5O3S. The highest BCUT2D eigenvalue weighted by molar-refractivity contribution is 7.98. The molecule has 0 aliphatic carbocycles. The van der Waals surface area contributed by atoms with Gasteiger partial charge in [0.25, 0.3) is 5.91 Å². The van der Waals surface area contributed by atoms with Crippen molar-refractivity contribution >= 4 is 35.2 Å². The van der Waals surface area contributed by atoms with Crippen LogP contribution >= 0.6 is 11.8 Å². The van der Waals surface area contributed by atoms with Gasteiger partial charge in [0.2, 0.25) is 5.71 Å². The molecule has 0 saturated carbocycles. The first-order chi connectivity index (χ1) is 11.5. The van der Waals surface area contributed by atoms with Gasteiger partial charge in [-0.1, -0.05) is 0 Å². The van der Waals surface area contributed by atoms with Crippen LogP contribution in [0.4, 0.5) is 14.9 Å². The van der Waals surface area contributed by atoms with Gasteiger partial charge in [0, 0.05) is 4.90 Å². The van der Waals surface area contributed by atoms with Gasteiger partial charge in [0.05, 0.1) is 17.9 Å². The number of amides is 2. The van der Waals surface area contributed by atoms with E-state index in [9.17, 15) is 14.0 Å². The number of nitrogens with one attached hydrogen (secondary N) is 2. The third-order valence-corrected chi connectivity index (χ3v) is 3.29. The van der Waals surface area contributed by atoms with E-state index >= 15 is 0 Å². The second-order valence-electron chi connectivity index (χ2n) is 4.00. The van der Waals surface area contributed by atoms with Crippen LogP contribution in [0.1, 0.15) is 12.5 Å². The zero-order chi connectivity index (χ0) is 18.1. The summed E-state index contributed by atoms with van der Waals surface area (Å²) in [7, 11) is 0. The predicted molar refractivity (Wildman–Crippen MR) is 84.7 cm³/mol. The van der Waals surface area contributed by atoms with Gasteiger partial charge in [-0.2, -0.15) is 15.6 Å². The molecule has 0 fully saturated rings. The molecule has 2 N–H and O–H groups in total. The molecule has 0 bridgehead atoms. The van der Waals surface area contributed by atoms with Crippen LogP contribution in [0.3, 0.4) is 0 Å². The van der Waals surface area contributed by atoms with Gasteiger partial charge in [-0.3, -0.25) is 15.5 Å². The maximum Gasteiger partial charge on any atom is 0.414 e. The third kappa shape index (κ3) is 4.97. The van der Waals surface area contributed by atoms with Crippen molar-refractivity contribution in [2.45, 2.75) is 11.8 Å². The molecule has 0 spiro atoms. The van der Waals surface area contributed by atoms with Crippen molar-refractivity contribution in [3.8, 4) is 12.1 Å². The minimum Gasteiger partial charge on any atom is -0.450 e. The molecule has 10 heteroatoms. The SMILES string of the molecule is CCOC(=O)NC(=O)/C(C#N)=N\Nc1cc(SC)c(C#N)cc1F. The maximum absolute atomic E-state index is 13.9. The topological polar surface area (TPSA) is 127 Å². The zero-order valence-corrected chi connectivity index (χ0v) is 13.5. The maximum atomic E-state index is 13.9. The van der Waals surface area contributed by atoms with Crippen molar-refractivity contribution in [1.29, 1.82) is 10.5 Å². The number of hydrogen-bond acceptors (Lipinski definition) is 8. The number of anilines is 1. The van der Waals surface area contributed by atoms with Gasteiger partial charge in [-0.25, -0.2) is 9.18 Å². The summed E-state index contributed by atoms with van der Waals surface area (Å²) in [5, 5.41) is 23.1. The number of nitrogens with zero attached hydrogens (tertiary/aromatic N) is 3. The van der Waals surface area contributed by atoms with Crippen LogP contribution < -0.4 is 10.7 Å². The lowest BCUT2D eigenvalue weighted by molar-refractivity contribution is -0.114. The molecule has 0 aliphatic rings. The summed E-state index contributed by atoms with van der Waals surface area (Å²) in [6.45, 7) is 1.59. The second-order valence-corrected chi connectivity index (χ2v) is 4.85. The Morgan fingerprint density at radius 3 is 2.67 bits per heavy atom. The predicted octanol–water partition coefficient (Wildman–Crippen LogP) is 1.98. The zero-order valence-electron chi connectivity index (χ0n) is 12.7. The Bertz CT molecular complexity index is 767. The van der Waals surface area contributed by atoms with E-state index < -0.39 is 23.5 Å². The summed E-state index contributed by atoms with van der Waals surface area (Å²) in [4.78, 5) is 23.3. The quantitative estimate of drug-likeness (QED) is 0.472. The van der Waals surface area contributed by atoms with Crippen molar-refractivity contribution in [2.24, 2.45) is 5.10 Å². The number of halogens is 1. The van der Waals surface area contributed by atoms with Crippen LogP contribution in [0, 0.1) is 28.5 Å². The normalized spacial score (nSPS) is 10.3. The smallest absolute Gasteiger partial charge is 0.414 e. The first kappa shape index (κ1) is 18.9. The van der Waals surface area contributed by atoms with E-state index in [4.69, 9.17) is 10.5 Å². The van der Waals surface area contributed by atoms with Gasteiger partial charge in [-0.15, -0.1) is 11.8 Å². The molecule has 8 nitrogen and oxygen atoms in total. The minimum absolute atomic E-state index is 0.0459. The summed E-state index contributed by atoms with van der Waals surface area (Å²) in [5.41, 5.74) is 1.55. The highest BCUT2D eigenvalue weighted by atomic mass is 32.2. The summed E-state index contributed by atoms with van der Waals surface area (Å²) in [6, 6.07) is 5.66. The number of carbonyl (C=O) groups excluding carboxylic acids is 2. The van der Waals surface area contributed by atoms with E-state index in [2.05, 4.69) is 15.3 Å². The molecule has 0 saturated heterocycles. The lowest BCUT2D eigenvalue weighted by atomic mass is 10.2. The van der Waals surface area contributed by atoms with E-state index in [1.807, 2.05) is 6.07 Å². The first-order valence-corrected chi connectivity index (χ1v) is 7.68. The molecule has 1 aromatic rings. The number of hydrogen-bond donors (Lipinski definition) is 2. The van der Waals surface area contributed by atoms with Gasteiger partial charge in [0.15, 0.2) is 0 Å². The number of carbonyl (C=O) groups is 2. The molecule has 1 aromatic carbocycles. The van der Waals surface area contributed by atoms with E-state index in [0.717, 1.165) is 6.07 Å². The van der Waals surface area contributed by atoms with Crippen molar-refractivity contribution in [2.75, 3.05) is 18.3 Å². The molecule has 1 rings (SSSR count). The number of alkyl carbamates (subject to hydrolysis) is 1. The molecule has 0 radical (unpaired) electrons. The molecular weight excluding hydrogens is 337 g/mol. The van der Waals surface area contributed by atoms with Gasteiger partial charge in [-0.05, 0) is 25.3 Å². The van der Waals surface area contributed by atoms with Crippen molar-refractivity contribution < 1.29 is 18.7 Å². The highest BCUT2D eigenvalue weighted by Gasteiger charge is 2.16. The van der Waals surface area contributed by atoms with Crippen LogP contribution in [-0.2, 0) is 9.53 Å². The molecule has 0 atom stereocenters. The van der Waals surface area contributed by atoms with E-state index in [1.165, 1.54) is 23.9 Å². The van der Waals surface area contributed by atoms with Crippen LogP contribution in [-0.4, -0.2) is 30.6 Å². The summed E-state index contributed by atoms with van der Waals surface area (Å²) in [6.07, 6.45) is 0.675. The minimum atomic E-state index is -1.09. The summed E-state index contributed by atoms with van der Waals surface area (Å²) < 4.78 is 18.4. The van der Waals surface area contributed by atoms with Crippen molar-refractivity contribution in [3.63, 3.8) is 0 Å². The molecule has 24 heavy (non-hydrogen) atoms. The Balaban J connectivity index is 2.97. The van der Waals surface area contributed by atoms with E-state index in [1.54, 1.807) is 18.5 Å². The standard InChI is InChI=1S/C14H12FN5O3S/c1-3-23-14(22)18-13(21)11(7-17)20-19-10-5-12(24-2)8(6-16)4-9(10)15/h4-5,19H,3H2,1-2H3,(H,18,21,22)/b20-11-. The Morgan fingerprint density at radius 1 is 1.42 bits per heavy atom. The van der Waals surface area contributed by atoms with Crippen LogP contribution in [0.5, 0.6) is 0 Å². The molecule has 0 aliphatic heterocycles. The van der Waals surface area contributed by atoms with E-state index in [-0.39, 0.29) is 17.9 Å². The fourth-order valence-corrected chi connectivity index (χ4v) is 2.02. The first-order valence-electron chi connectivity index (χ1n) is 6.46. The van der Waals surface area contributed by atoms with Gasteiger partial charge < -0.3 is 4.74 Å². The number of nitriles is 2. The van der Waals surface area contributed by atoms with Gasteiger partial charge >= 0.3 is 6.09 Å². The van der Waals surface area contributed by atoms with Crippen molar-refractivity contribution in [1.82, 2.24) is 5.32 Å². The molecule has 124 valence electrons. The fourth-order valence-electron chi connectivity index (χ4n) is 1.46. The number of hydrazone groups is 1. The number of thioether (sulfide) groups is 1. The third-order valence-electron chi connectivity index (χ3n) is 2.51. The molecule has 0 unspecified atom stereocenters. The number of ether oxygens (including phenoxy) is 1. The largest absolute Gasteiger partial charge is 0.450 e. The Kier molecular flexibility index (Phi) is 7.20. The number of imide groups is 1. The number of rotatable bonds is 5. The number of benzene rings is 1. The van der Waals surface area contributed by atoms with Crippen LogP contribution in [0.15, 0.2) is 22.1 Å². The average Bonchev–Trinajstić information content (AvgIpc) is 2.56. The summed E-state index contributed by atoms with van der Waals surface area (Å²) in [5.74, 6) is -1.88. The lowest BCUT2D eigenvalue weighted by Crippen LogP contribution is -2.36. The summed E-state index contributed by atoms with van der Waals surface area (Å²) >= 11 is 1.22. The highest BCUT2D eigenvalue weighted by Crippen LogP contribution is 2.26. The van der Waals surface area contributed by atoms with Crippen LogP contribution in [0.25, 0.3) is 0 Å². The molecule has 0 aromatic heterocycles. The Morgan fingerprint density at radius 2 is 2.12 bits per heavy atom. The van der Waals surface area contributed by atoms with Gasteiger partial charge in [0.1, 0.15) is 18.0 Å².